The van der Waals surface area contributed by atoms with Crippen LogP contribution in [-0.2, 0) is 11.2 Å². The number of anilines is 1. The number of azo groups is 1. The Morgan fingerprint density at radius 2 is 1.78 bits per heavy atom. The van der Waals surface area contributed by atoms with Crippen molar-refractivity contribution in [3.05, 3.63) is 65.2 Å². The highest BCUT2D eigenvalue weighted by Crippen LogP contribution is 2.17. The predicted octanol–water partition coefficient (Wildman–Crippen LogP) is 3.90. The number of aliphatic imine (C=N–C) groups is 1. The number of aliphatic carboxylic acids is 1. The SMILES string of the molecule is CCC1N=NC(c2ccc(C(=O)Nc3ccc(CCC(=O)O)cc3)cc2)=N1. The third-order valence-corrected chi connectivity index (χ3v) is 4.17. The summed E-state index contributed by atoms with van der Waals surface area (Å²) >= 11 is 0. The molecule has 138 valence electrons. The van der Waals surface area contributed by atoms with Crippen LogP contribution in [0, 0.1) is 0 Å². The Morgan fingerprint density at radius 1 is 1.07 bits per heavy atom. The van der Waals surface area contributed by atoms with Gasteiger partial charge in [0.15, 0.2) is 12.0 Å². The number of aryl methyl sites for hydroxylation is 1. The zero-order valence-corrected chi connectivity index (χ0v) is 14.9. The minimum Gasteiger partial charge on any atom is -0.481 e. The fourth-order valence-corrected chi connectivity index (χ4v) is 2.60. The average Bonchev–Trinajstić information content (AvgIpc) is 3.17. The number of amides is 1. The van der Waals surface area contributed by atoms with E-state index in [1.54, 1.807) is 36.4 Å². The van der Waals surface area contributed by atoms with Crippen molar-refractivity contribution < 1.29 is 14.7 Å². The summed E-state index contributed by atoms with van der Waals surface area (Å²) < 4.78 is 0. The molecule has 7 nitrogen and oxygen atoms in total. The van der Waals surface area contributed by atoms with Crippen molar-refractivity contribution in [3.8, 4) is 0 Å². The van der Waals surface area contributed by atoms with Gasteiger partial charge in [0.25, 0.3) is 5.91 Å². The van der Waals surface area contributed by atoms with Gasteiger partial charge in [-0.1, -0.05) is 31.2 Å². The van der Waals surface area contributed by atoms with Crippen LogP contribution in [0.25, 0.3) is 0 Å². The number of hydrogen-bond acceptors (Lipinski definition) is 5. The molecule has 2 N–H and O–H groups in total. The number of nitrogens with one attached hydrogen (secondary N) is 1. The number of carboxylic acid groups (broad SMARTS) is 1. The molecule has 2 aromatic carbocycles. The fourth-order valence-electron chi connectivity index (χ4n) is 2.60. The third kappa shape index (κ3) is 4.84. The molecule has 2 aromatic rings. The van der Waals surface area contributed by atoms with Gasteiger partial charge in [-0.05, 0) is 42.7 Å². The molecule has 1 aliphatic rings. The van der Waals surface area contributed by atoms with E-state index in [-0.39, 0.29) is 18.5 Å². The van der Waals surface area contributed by atoms with E-state index in [0.717, 1.165) is 17.5 Å². The molecular weight excluding hydrogens is 344 g/mol. The van der Waals surface area contributed by atoms with Crippen molar-refractivity contribution in [2.24, 2.45) is 15.2 Å². The Kier molecular flexibility index (Phi) is 5.71. The Hall–Kier alpha value is -3.35. The smallest absolute Gasteiger partial charge is 0.303 e. The summed E-state index contributed by atoms with van der Waals surface area (Å²) in [6.07, 6.45) is 1.25. The lowest BCUT2D eigenvalue weighted by Crippen LogP contribution is -2.12. The van der Waals surface area contributed by atoms with E-state index < -0.39 is 5.97 Å². The van der Waals surface area contributed by atoms with Crippen LogP contribution in [0.5, 0.6) is 0 Å². The highest BCUT2D eigenvalue weighted by Gasteiger charge is 2.14. The number of benzene rings is 2. The van der Waals surface area contributed by atoms with Crippen LogP contribution in [-0.4, -0.2) is 29.0 Å². The number of carbonyl (C=O) groups excluding carboxylic acids is 1. The predicted molar refractivity (Wildman–Crippen MR) is 102 cm³/mol. The standard InChI is InChI=1S/C20H20N4O3/c1-2-17-22-19(24-23-17)14-6-8-15(9-7-14)20(27)21-16-10-3-13(4-11-16)5-12-18(25)26/h3-4,6-11,17H,2,5,12H2,1H3,(H,21,27)(H,25,26). The second-order valence-electron chi connectivity index (χ2n) is 6.18. The third-order valence-electron chi connectivity index (χ3n) is 4.17. The van der Waals surface area contributed by atoms with Crippen molar-refractivity contribution in [1.29, 1.82) is 0 Å². The Balaban J connectivity index is 1.61. The lowest BCUT2D eigenvalue weighted by atomic mass is 10.1. The summed E-state index contributed by atoms with van der Waals surface area (Å²) in [6.45, 7) is 2.00. The minimum atomic E-state index is -0.828. The second kappa shape index (κ2) is 8.35. The van der Waals surface area contributed by atoms with Gasteiger partial charge in [0, 0.05) is 23.2 Å². The highest BCUT2D eigenvalue weighted by molar-refractivity contribution is 6.05. The topological polar surface area (TPSA) is 103 Å². The van der Waals surface area contributed by atoms with E-state index in [0.29, 0.717) is 23.5 Å². The van der Waals surface area contributed by atoms with Gasteiger partial charge >= 0.3 is 5.97 Å². The molecule has 1 atom stereocenters. The summed E-state index contributed by atoms with van der Waals surface area (Å²) in [5.74, 6) is -0.460. The molecule has 1 heterocycles. The van der Waals surface area contributed by atoms with Gasteiger partial charge in [0.05, 0.1) is 0 Å². The molecular formula is C20H20N4O3. The summed E-state index contributed by atoms with van der Waals surface area (Å²) in [5, 5.41) is 19.7. The van der Waals surface area contributed by atoms with Gasteiger partial charge in [-0.2, -0.15) is 5.11 Å². The van der Waals surface area contributed by atoms with Crippen LogP contribution in [0.4, 0.5) is 5.69 Å². The molecule has 27 heavy (non-hydrogen) atoms. The van der Waals surface area contributed by atoms with Crippen molar-refractivity contribution in [2.75, 3.05) is 5.32 Å². The molecule has 7 heteroatoms. The van der Waals surface area contributed by atoms with E-state index >= 15 is 0 Å². The number of carbonyl (C=O) groups is 2. The highest BCUT2D eigenvalue weighted by atomic mass is 16.4. The second-order valence-corrected chi connectivity index (χ2v) is 6.18. The molecule has 0 saturated heterocycles. The van der Waals surface area contributed by atoms with E-state index in [2.05, 4.69) is 20.5 Å². The van der Waals surface area contributed by atoms with Crippen LogP contribution in [0.15, 0.2) is 63.8 Å². The molecule has 1 unspecified atom stereocenters. The lowest BCUT2D eigenvalue weighted by molar-refractivity contribution is -0.136. The van der Waals surface area contributed by atoms with Crippen LogP contribution < -0.4 is 5.32 Å². The first-order valence-electron chi connectivity index (χ1n) is 8.76. The van der Waals surface area contributed by atoms with Crippen molar-refractivity contribution in [2.45, 2.75) is 32.4 Å². The Bertz CT molecular complexity index is 886. The quantitative estimate of drug-likeness (QED) is 0.778. The zero-order chi connectivity index (χ0) is 19.2. The molecule has 3 rings (SSSR count). The average molecular weight is 364 g/mol. The maximum atomic E-state index is 12.4. The van der Waals surface area contributed by atoms with Gasteiger partial charge in [0.1, 0.15) is 0 Å². The fraction of sp³-hybridized carbons (Fsp3) is 0.250. The number of nitrogens with zero attached hydrogens (tertiary/aromatic N) is 3. The molecule has 0 saturated carbocycles. The molecule has 0 aromatic heterocycles. The van der Waals surface area contributed by atoms with E-state index in [9.17, 15) is 9.59 Å². The number of hydrogen-bond donors (Lipinski definition) is 2. The number of carboxylic acids is 1. The van der Waals surface area contributed by atoms with Crippen LogP contribution in [0.3, 0.4) is 0 Å². The zero-order valence-electron chi connectivity index (χ0n) is 14.9. The molecule has 1 amide bonds. The van der Waals surface area contributed by atoms with Crippen LogP contribution in [0.1, 0.15) is 41.3 Å². The molecule has 0 fully saturated rings. The van der Waals surface area contributed by atoms with Gasteiger partial charge < -0.3 is 10.4 Å². The number of amidine groups is 1. The lowest BCUT2D eigenvalue weighted by Gasteiger charge is -2.07. The van der Waals surface area contributed by atoms with Gasteiger partial charge in [-0.25, -0.2) is 4.99 Å². The van der Waals surface area contributed by atoms with Gasteiger partial charge in [0.2, 0.25) is 0 Å². The van der Waals surface area contributed by atoms with Crippen molar-refractivity contribution in [1.82, 2.24) is 0 Å². The largest absolute Gasteiger partial charge is 0.481 e. The number of rotatable bonds is 7. The van der Waals surface area contributed by atoms with E-state index in [1.165, 1.54) is 0 Å². The minimum absolute atomic E-state index is 0.0852. The first kappa shape index (κ1) is 18.4. The Labute approximate surface area is 156 Å². The van der Waals surface area contributed by atoms with E-state index in [1.807, 2.05) is 19.1 Å². The molecule has 0 bridgehead atoms. The maximum absolute atomic E-state index is 12.4. The van der Waals surface area contributed by atoms with Gasteiger partial charge in [-0.15, -0.1) is 5.11 Å². The normalized spacial score (nSPS) is 15.4. The van der Waals surface area contributed by atoms with Crippen LogP contribution in [0.2, 0.25) is 0 Å². The summed E-state index contributed by atoms with van der Waals surface area (Å²) in [6, 6.07) is 14.2. The Morgan fingerprint density at radius 3 is 2.37 bits per heavy atom. The first-order valence-corrected chi connectivity index (χ1v) is 8.76. The molecule has 0 radical (unpaired) electrons. The van der Waals surface area contributed by atoms with Crippen molar-refractivity contribution in [3.63, 3.8) is 0 Å². The van der Waals surface area contributed by atoms with Crippen molar-refractivity contribution >= 4 is 23.4 Å². The molecule has 0 spiro atoms. The van der Waals surface area contributed by atoms with Gasteiger partial charge in [-0.3, -0.25) is 9.59 Å². The maximum Gasteiger partial charge on any atom is 0.303 e. The summed E-state index contributed by atoms with van der Waals surface area (Å²) in [5.41, 5.74) is 2.92. The van der Waals surface area contributed by atoms with E-state index in [4.69, 9.17) is 5.11 Å². The molecule has 1 aliphatic heterocycles. The summed E-state index contributed by atoms with van der Waals surface area (Å²) in [4.78, 5) is 27.4. The monoisotopic (exact) mass is 364 g/mol. The summed E-state index contributed by atoms with van der Waals surface area (Å²) in [7, 11) is 0. The van der Waals surface area contributed by atoms with Crippen LogP contribution >= 0.6 is 0 Å². The molecule has 0 aliphatic carbocycles. The first-order chi connectivity index (χ1) is 13.0.